The maximum Gasteiger partial charge on any atom is 0.326 e. The first-order chi connectivity index (χ1) is 9.25. The molecule has 0 aromatic heterocycles. The van der Waals surface area contributed by atoms with Gasteiger partial charge in [0, 0.05) is 26.2 Å². The zero-order valence-electron chi connectivity index (χ0n) is 10.7. The first-order valence-corrected chi connectivity index (χ1v) is 6.60. The van der Waals surface area contributed by atoms with Crippen LogP contribution in [-0.2, 0) is 6.54 Å². The molecule has 1 aromatic carbocycles. The Bertz CT molecular complexity index is 478. The molecule has 2 amide bonds. The van der Waals surface area contributed by atoms with Gasteiger partial charge in [0.2, 0.25) is 0 Å². The Kier molecular flexibility index (Phi) is 3.37. The second kappa shape index (κ2) is 5.16. The summed E-state index contributed by atoms with van der Waals surface area (Å²) in [4.78, 5) is 11.1. The Morgan fingerprint density at radius 3 is 3.11 bits per heavy atom. The number of nitrogens with zero attached hydrogens (tertiary/aromatic N) is 1. The van der Waals surface area contributed by atoms with Gasteiger partial charge in [-0.2, -0.15) is 0 Å². The lowest BCUT2D eigenvalue weighted by Gasteiger charge is -2.39. The summed E-state index contributed by atoms with van der Waals surface area (Å²) in [7, 11) is 0. The summed E-state index contributed by atoms with van der Waals surface area (Å²) < 4.78 is 0. The van der Waals surface area contributed by atoms with Gasteiger partial charge in [0.05, 0.1) is 12.1 Å². The van der Waals surface area contributed by atoms with E-state index in [1.54, 1.807) is 0 Å². The number of amides is 2. The van der Waals surface area contributed by atoms with Crippen LogP contribution in [0, 0.1) is 0 Å². The fourth-order valence-electron chi connectivity index (χ4n) is 2.98. The van der Waals surface area contributed by atoms with Crippen LogP contribution in [0.4, 0.5) is 4.79 Å². The van der Waals surface area contributed by atoms with E-state index in [1.165, 1.54) is 11.1 Å². The van der Waals surface area contributed by atoms with Crippen molar-refractivity contribution in [3.63, 3.8) is 0 Å². The number of nitrogens with one attached hydrogen (secondary N) is 3. The summed E-state index contributed by atoms with van der Waals surface area (Å²) in [6.07, 6.45) is 0. The molecule has 0 saturated carbocycles. The molecule has 2 unspecified atom stereocenters. The molecule has 2 atom stereocenters. The zero-order valence-corrected chi connectivity index (χ0v) is 10.7. The van der Waals surface area contributed by atoms with Gasteiger partial charge in [0.1, 0.15) is 0 Å². The summed E-state index contributed by atoms with van der Waals surface area (Å²) >= 11 is 0. The minimum atomic E-state index is -0.502. The van der Waals surface area contributed by atoms with Gasteiger partial charge in [-0.1, -0.05) is 24.3 Å². The van der Waals surface area contributed by atoms with E-state index in [0.29, 0.717) is 0 Å². The number of piperazine rings is 1. The number of hydrogen-bond acceptors (Lipinski definition) is 4. The standard InChI is InChI=1S/C13H19N5O/c14-13(19)17-18-6-5-15-8-11(18)12-10-4-2-1-3-9(10)7-16-12/h1-4,11-12,15-16H,5-8H2,(H3,14,17,19). The van der Waals surface area contributed by atoms with Gasteiger partial charge in [-0.3, -0.25) is 5.43 Å². The van der Waals surface area contributed by atoms with E-state index in [1.807, 2.05) is 5.01 Å². The lowest BCUT2D eigenvalue weighted by Crippen LogP contribution is -2.62. The highest BCUT2D eigenvalue weighted by Crippen LogP contribution is 2.29. The predicted molar refractivity (Wildman–Crippen MR) is 72.1 cm³/mol. The van der Waals surface area contributed by atoms with Crippen LogP contribution in [-0.4, -0.2) is 36.7 Å². The highest BCUT2D eigenvalue weighted by molar-refractivity contribution is 5.71. The second-order valence-electron chi connectivity index (χ2n) is 5.00. The quantitative estimate of drug-likeness (QED) is 0.588. The van der Waals surface area contributed by atoms with Gasteiger partial charge in [-0.15, -0.1) is 0 Å². The van der Waals surface area contributed by atoms with Crippen LogP contribution in [0.25, 0.3) is 0 Å². The van der Waals surface area contributed by atoms with E-state index in [4.69, 9.17) is 5.73 Å². The number of carbonyl (C=O) groups excluding carboxylic acids is 1. The van der Waals surface area contributed by atoms with E-state index in [9.17, 15) is 4.79 Å². The Morgan fingerprint density at radius 2 is 2.26 bits per heavy atom. The van der Waals surface area contributed by atoms with Crippen molar-refractivity contribution in [2.45, 2.75) is 18.6 Å². The first kappa shape index (κ1) is 12.4. The van der Waals surface area contributed by atoms with Crippen molar-refractivity contribution in [3.8, 4) is 0 Å². The third-order valence-electron chi connectivity index (χ3n) is 3.82. The monoisotopic (exact) mass is 261 g/mol. The summed E-state index contributed by atoms with van der Waals surface area (Å²) in [5, 5.41) is 8.84. The summed E-state index contributed by atoms with van der Waals surface area (Å²) in [6, 6.07) is 8.29. The van der Waals surface area contributed by atoms with Gasteiger partial charge < -0.3 is 16.4 Å². The lowest BCUT2D eigenvalue weighted by atomic mass is 9.97. The molecule has 3 rings (SSSR count). The Hall–Kier alpha value is -1.63. The molecule has 0 radical (unpaired) electrons. The number of hydrogen-bond donors (Lipinski definition) is 4. The van der Waals surface area contributed by atoms with E-state index in [0.717, 1.165) is 26.2 Å². The molecule has 1 fully saturated rings. The van der Waals surface area contributed by atoms with Crippen molar-refractivity contribution < 1.29 is 4.79 Å². The van der Waals surface area contributed by atoms with Crippen LogP contribution in [0.2, 0.25) is 0 Å². The Morgan fingerprint density at radius 1 is 1.42 bits per heavy atom. The smallest absolute Gasteiger partial charge is 0.326 e. The topological polar surface area (TPSA) is 82.4 Å². The molecular formula is C13H19N5O. The minimum absolute atomic E-state index is 0.171. The maximum absolute atomic E-state index is 11.1. The highest BCUT2D eigenvalue weighted by atomic mass is 16.2. The third-order valence-corrected chi connectivity index (χ3v) is 3.82. The molecular weight excluding hydrogens is 242 g/mol. The van der Waals surface area contributed by atoms with Crippen molar-refractivity contribution in [1.29, 1.82) is 0 Å². The fourth-order valence-corrected chi connectivity index (χ4v) is 2.98. The van der Waals surface area contributed by atoms with Crippen molar-refractivity contribution in [3.05, 3.63) is 35.4 Å². The van der Waals surface area contributed by atoms with Crippen molar-refractivity contribution in [2.24, 2.45) is 5.73 Å². The summed E-state index contributed by atoms with van der Waals surface area (Å²) in [5.74, 6) is 0. The number of urea groups is 1. The van der Waals surface area contributed by atoms with Gasteiger partial charge >= 0.3 is 6.03 Å². The fraction of sp³-hybridized carbons (Fsp3) is 0.462. The molecule has 1 aromatic rings. The van der Waals surface area contributed by atoms with Gasteiger partial charge in [0.15, 0.2) is 0 Å². The Labute approximate surface area is 112 Å². The van der Waals surface area contributed by atoms with Gasteiger partial charge in [-0.05, 0) is 11.1 Å². The molecule has 0 bridgehead atoms. The maximum atomic E-state index is 11.1. The van der Waals surface area contributed by atoms with E-state index in [2.05, 4.69) is 40.3 Å². The molecule has 19 heavy (non-hydrogen) atoms. The number of rotatable bonds is 2. The van der Waals surface area contributed by atoms with Crippen LogP contribution in [0.15, 0.2) is 24.3 Å². The molecule has 6 nitrogen and oxygen atoms in total. The van der Waals surface area contributed by atoms with E-state index in [-0.39, 0.29) is 12.1 Å². The molecule has 1 saturated heterocycles. The largest absolute Gasteiger partial charge is 0.351 e. The molecule has 2 aliphatic heterocycles. The van der Waals surface area contributed by atoms with Gasteiger partial charge in [0.25, 0.3) is 0 Å². The summed E-state index contributed by atoms with van der Waals surface area (Å²) in [5.41, 5.74) is 10.6. The molecule has 2 heterocycles. The predicted octanol–water partition coefficient (Wildman–Crippen LogP) is -0.312. The van der Waals surface area contributed by atoms with E-state index < -0.39 is 6.03 Å². The number of carbonyl (C=O) groups is 1. The molecule has 5 N–H and O–H groups in total. The average Bonchev–Trinajstić information content (AvgIpc) is 2.82. The number of nitrogens with two attached hydrogens (primary N) is 1. The second-order valence-corrected chi connectivity index (χ2v) is 5.00. The molecule has 2 aliphatic rings. The Balaban J connectivity index is 1.82. The number of primary amides is 1. The highest BCUT2D eigenvalue weighted by Gasteiger charge is 2.35. The molecule has 0 aliphatic carbocycles. The zero-order chi connectivity index (χ0) is 13.2. The molecule has 102 valence electrons. The SMILES string of the molecule is NC(=O)NN1CCNCC1C1NCc2ccccc21. The van der Waals surface area contributed by atoms with Crippen molar-refractivity contribution in [1.82, 2.24) is 21.1 Å². The van der Waals surface area contributed by atoms with Crippen LogP contribution >= 0.6 is 0 Å². The van der Waals surface area contributed by atoms with Crippen LogP contribution < -0.4 is 21.8 Å². The van der Waals surface area contributed by atoms with Crippen LogP contribution in [0.5, 0.6) is 0 Å². The molecule has 6 heteroatoms. The van der Waals surface area contributed by atoms with Crippen molar-refractivity contribution >= 4 is 6.03 Å². The third kappa shape index (κ3) is 2.42. The number of hydrazine groups is 1. The first-order valence-electron chi connectivity index (χ1n) is 6.60. The van der Waals surface area contributed by atoms with Crippen LogP contribution in [0.1, 0.15) is 17.2 Å². The normalized spacial score (nSPS) is 26.9. The summed E-state index contributed by atoms with van der Waals surface area (Å²) in [6.45, 7) is 3.31. The minimum Gasteiger partial charge on any atom is -0.351 e. The average molecular weight is 261 g/mol. The van der Waals surface area contributed by atoms with Gasteiger partial charge in [-0.25, -0.2) is 9.80 Å². The number of fused-ring (bicyclic) bond motifs is 1. The van der Waals surface area contributed by atoms with E-state index >= 15 is 0 Å². The van der Waals surface area contributed by atoms with Crippen LogP contribution in [0.3, 0.4) is 0 Å². The molecule has 0 spiro atoms. The lowest BCUT2D eigenvalue weighted by molar-refractivity contribution is 0.0871. The number of benzene rings is 1. The van der Waals surface area contributed by atoms with Crippen molar-refractivity contribution in [2.75, 3.05) is 19.6 Å².